The lowest BCUT2D eigenvalue weighted by Crippen LogP contribution is -2.07. The number of carbonyl (C=O) groups excluding carboxylic acids is 1. The lowest BCUT2D eigenvalue weighted by molar-refractivity contribution is 0.0521. The Balaban J connectivity index is 2.35. The van der Waals surface area contributed by atoms with Crippen LogP contribution in [-0.4, -0.2) is 32.2 Å². The highest BCUT2D eigenvalue weighted by molar-refractivity contribution is 7.90. The Kier molecular flexibility index (Phi) is 3.99. The number of nitrogen functional groups attached to an aromatic ring is 1. The van der Waals surface area contributed by atoms with Gasteiger partial charge in [-0.25, -0.2) is 13.2 Å². The summed E-state index contributed by atoms with van der Waals surface area (Å²) in [6, 6.07) is 5.90. The minimum atomic E-state index is -3.28. The van der Waals surface area contributed by atoms with Gasteiger partial charge in [0.15, 0.2) is 9.84 Å². The largest absolute Gasteiger partial charge is 0.461 e. The number of rotatable bonds is 4. The molecule has 0 bridgehead atoms. The van der Waals surface area contributed by atoms with Gasteiger partial charge >= 0.3 is 5.97 Å². The van der Waals surface area contributed by atoms with Crippen molar-refractivity contribution in [1.82, 2.24) is 4.98 Å². The summed E-state index contributed by atoms with van der Waals surface area (Å²) in [5.74, 6) is -0.691. The molecule has 0 aliphatic carbocycles. The van der Waals surface area contributed by atoms with Crippen LogP contribution in [0.4, 0.5) is 5.88 Å². The number of hydrogen-bond donors (Lipinski definition) is 1. The van der Waals surface area contributed by atoms with E-state index in [9.17, 15) is 13.2 Å². The fourth-order valence-corrected chi connectivity index (χ4v) is 2.28. The first-order valence-electron chi connectivity index (χ1n) is 6.07. The molecule has 0 amide bonds. The summed E-state index contributed by atoms with van der Waals surface area (Å²) in [7, 11) is -3.28. The van der Waals surface area contributed by atoms with Gasteiger partial charge in [0.25, 0.3) is 0 Å². The second kappa shape index (κ2) is 5.57. The summed E-state index contributed by atoms with van der Waals surface area (Å²) in [5.41, 5.74) is 5.99. The van der Waals surface area contributed by atoms with Crippen LogP contribution < -0.4 is 5.73 Å². The summed E-state index contributed by atoms with van der Waals surface area (Å²) in [4.78, 5) is 15.7. The molecule has 0 aliphatic rings. The molecule has 7 nitrogen and oxygen atoms in total. The molecule has 1 heterocycles. The van der Waals surface area contributed by atoms with Crippen molar-refractivity contribution >= 4 is 21.7 Å². The molecule has 0 saturated heterocycles. The van der Waals surface area contributed by atoms with Crippen LogP contribution >= 0.6 is 0 Å². The molecule has 2 rings (SSSR count). The Morgan fingerprint density at radius 1 is 1.33 bits per heavy atom. The van der Waals surface area contributed by atoms with Crippen molar-refractivity contribution in [2.24, 2.45) is 0 Å². The molecule has 0 atom stereocenters. The maximum Gasteiger partial charge on any atom is 0.362 e. The minimum Gasteiger partial charge on any atom is -0.461 e. The number of sulfone groups is 1. The second-order valence-corrected chi connectivity index (χ2v) is 6.26. The summed E-state index contributed by atoms with van der Waals surface area (Å²) < 4.78 is 32.8. The Hall–Kier alpha value is -2.35. The van der Waals surface area contributed by atoms with Crippen LogP contribution in [0.5, 0.6) is 0 Å². The molecule has 1 aromatic carbocycles. The maximum absolute atomic E-state index is 11.6. The van der Waals surface area contributed by atoms with E-state index in [1.54, 1.807) is 6.92 Å². The van der Waals surface area contributed by atoms with Gasteiger partial charge in [-0.3, -0.25) is 0 Å². The average Bonchev–Trinajstić information content (AvgIpc) is 2.80. The molecule has 1 aromatic heterocycles. The molecule has 0 unspecified atom stereocenters. The van der Waals surface area contributed by atoms with Gasteiger partial charge in [-0.05, 0) is 31.2 Å². The highest BCUT2D eigenvalue weighted by Gasteiger charge is 2.20. The van der Waals surface area contributed by atoms with Crippen LogP contribution in [0.15, 0.2) is 33.6 Å². The fourth-order valence-electron chi connectivity index (χ4n) is 1.65. The molecular formula is C13H14N2O5S. The number of carbonyl (C=O) groups is 1. The fraction of sp³-hybridized carbons (Fsp3) is 0.231. The highest BCUT2D eigenvalue weighted by atomic mass is 32.2. The van der Waals surface area contributed by atoms with Crippen molar-refractivity contribution in [3.63, 3.8) is 0 Å². The molecule has 0 radical (unpaired) electrons. The molecular weight excluding hydrogens is 296 g/mol. The van der Waals surface area contributed by atoms with Crippen molar-refractivity contribution in [3.05, 3.63) is 30.0 Å². The standard InChI is InChI=1S/C13H14N2O5S/c1-3-19-13(16)10-11(14)20-12(15-10)8-4-6-9(7-5-8)21(2,17)18/h4-7H,3,14H2,1-2H3. The molecule has 0 saturated carbocycles. The van der Waals surface area contributed by atoms with E-state index in [0.29, 0.717) is 5.56 Å². The van der Waals surface area contributed by atoms with Gasteiger partial charge in [-0.1, -0.05) is 0 Å². The molecule has 21 heavy (non-hydrogen) atoms. The Bertz CT molecular complexity index is 762. The van der Waals surface area contributed by atoms with Crippen LogP contribution in [-0.2, 0) is 14.6 Å². The molecule has 8 heteroatoms. The van der Waals surface area contributed by atoms with E-state index >= 15 is 0 Å². The summed E-state index contributed by atoms with van der Waals surface area (Å²) in [6.45, 7) is 1.86. The van der Waals surface area contributed by atoms with E-state index < -0.39 is 15.8 Å². The number of aromatic nitrogens is 1. The van der Waals surface area contributed by atoms with Gasteiger partial charge in [0.1, 0.15) is 0 Å². The molecule has 112 valence electrons. The van der Waals surface area contributed by atoms with Crippen LogP contribution in [0.3, 0.4) is 0 Å². The second-order valence-electron chi connectivity index (χ2n) is 4.25. The Morgan fingerprint density at radius 3 is 2.48 bits per heavy atom. The minimum absolute atomic E-state index is 0.0981. The van der Waals surface area contributed by atoms with Crippen LogP contribution in [0.2, 0.25) is 0 Å². The van der Waals surface area contributed by atoms with Crippen molar-refractivity contribution in [2.45, 2.75) is 11.8 Å². The molecule has 0 fully saturated rings. The van der Waals surface area contributed by atoms with Gasteiger partial charge in [0.05, 0.1) is 11.5 Å². The predicted molar refractivity (Wildman–Crippen MR) is 75.4 cm³/mol. The molecule has 2 aromatic rings. The third-order valence-electron chi connectivity index (χ3n) is 2.65. The molecule has 2 N–H and O–H groups in total. The zero-order valence-electron chi connectivity index (χ0n) is 11.5. The lowest BCUT2D eigenvalue weighted by atomic mass is 10.2. The number of esters is 1. The number of nitrogens with zero attached hydrogens (tertiary/aromatic N) is 1. The quantitative estimate of drug-likeness (QED) is 0.851. The van der Waals surface area contributed by atoms with Crippen molar-refractivity contribution in [1.29, 1.82) is 0 Å². The summed E-state index contributed by atoms with van der Waals surface area (Å²) in [6.07, 6.45) is 1.12. The van der Waals surface area contributed by atoms with Gasteiger partial charge in [0.2, 0.25) is 17.5 Å². The van der Waals surface area contributed by atoms with E-state index in [4.69, 9.17) is 14.9 Å². The smallest absolute Gasteiger partial charge is 0.362 e. The van der Waals surface area contributed by atoms with E-state index in [0.717, 1.165) is 6.26 Å². The topological polar surface area (TPSA) is 112 Å². The van der Waals surface area contributed by atoms with E-state index in [1.807, 2.05) is 0 Å². The third kappa shape index (κ3) is 3.22. The van der Waals surface area contributed by atoms with E-state index in [1.165, 1.54) is 24.3 Å². The monoisotopic (exact) mass is 310 g/mol. The van der Waals surface area contributed by atoms with Crippen LogP contribution in [0.25, 0.3) is 11.5 Å². The predicted octanol–water partition coefficient (Wildman–Crippen LogP) is 1.50. The number of benzene rings is 1. The number of hydrogen-bond acceptors (Lipinski definition) is 7. The zero-order valence-corrected chi connectivity index (χ0v) is 12.3. The summed E-state index contributed by atoms with van der Waals surface area (Å²) in [5, 5.41) is 0. The third-order valence-corrected chi connectivity index (χ3v) is 3.78. The normalized spacial score (nSPS) is 11.3. The van der Waals surface area contributed by atoms with Crippen molar-refractivity contribution in [2.75, 3.05) is 18.6 Å². The molecule has 0 aliphatic heterocycles. The maximum atomic E-state index is 11.6. The van der Waals surface area contributed by atoms with Gasteiger partial charge in [-0.15, -0.1) is 0 Å². The SMILES string of the molecule is CCOC(=O)c1nc(-c2ccc(S(C)(=O)=O)cc2)oc1N. The first kappa shape index (κ1) is 15.0. The van der Waals surface area contributed by atoms with E-state index in [-0.39, 0.29) is 29.0 Å². The first-order chi connectivity index (χ1) is 9.82. The Morgan fingerprint density at radius 2 is 1.95 bits per heavy atom. The Labute approximate surface area is 121 Å². The van der Waals surface area contributed by atoms with Gasteiger partial charge in [-0.2, -0.15) is 4.98 Å². The number of ether oxygens (including phenoxy) is 1. The number of anilines is 1. The molecule has 0 spiro atoms. The lowest BCUT2D eigenvalue weighted by Gasteiger charge is -1.99. The number of oxazole rings is 1. The van der Waals surface area contributed by atoms with Crippen molar-refractivity contribution in [3.8, 4) is 11.5 Å². The van der Waals surface area contributed by atoms with Crippen LogP contribution in [0, 0.1) is 0 Å². The van der Waals surface area contributed by atoms with Crippen molar-refractivity contribution < 1.29 is 22.4 Å². The zero-order chi connectivity index (χ0) is 15.6. The number of nitrogens with two attached hydrogens (primary N) is 1. The highest BCUT2D eigenvalue weighted by Crippen LogP contribution is 2.25. The van der Waals surface area contributed by atoms with Crippen LogP contribution in [0.1, 0.15) is 17.4 Å². The first-order valence-corrected chi connectivity index (χ1v) is 7.96. The summed E-state index contributed by atoms with van der Waals surface area (Å²) >= 11 is 0. The van der Waals surface area contributed by atoms with Gasteiger partial charge < -0.3 is 14.9 Å². The van der Waals surface area contributed by atoms with E-state index in [2.05, 4.69) is 4.98 Å². The van der Waals surface area contributed by atoms with Gasteiger partial charge in [0, 0.05) is 11.8 Å². The average molecular weight is 310 g/mol.